The van der Waals surface area contributed by atoms with Crippen LogP contribution in [0.5, 0.6) is 5.75 Å². The van der Waals surface area contributed by atoms with Crippen molar-refractivity contribution in [3.8, 4) is 5.75 Å². The third-order valence-electron chi connectivity index (χ3n) is 3.80. The Morgan fingerprint density at radius 2 is 2.00 bits per heavy atom. The number of nitrogens with zero attached hydrogens (tertiary/aromatic N) is 1. The van der Waals surface area contributed by atoms with Crippen molar-refractivity contribution in [3.63, 3.8) is 0 Å². The first-order valence-electron chi connectivity index (χ1n) is 6.50. The van der Waals surface area contributed by atoms with Crippen molar-refractivity contribution >= 4 is 28.5 Å². The number of nitrogens with two attached hydrogens (primary N) is 1. The van der Waals surface area contributed by atoms with Crippen LogP contribution in [0.2, 0.25) is 0 Å². The number of amides is 1. The van der Waals surface area contributed by atoms with Crippen molar-refractivity contribution in [2.45, 2.75) is 37.8 Å². The van der Waals surface area contributed by atoms with Gasteiger partial charge in [-0.15, -0.1) is 0 Å². The lowest BCUT2D eigenvalue weighted by Gasteiger charge is -2.33. The summed E-state index contributed by atoms with van der Waals surface area (Å²) < 4.78 is 0.942. The molecule has 5 heteroatoms. The molecule has 1 saturated carbocycles. The Balaban J connectivity index is 2.12. The average Bonchev–Trinajstić information content (AvgIpc) is 2.41. The van der Waals surface area contributed by atoms with E-state index in [1.165, 1.54) is 0 Å². The Bertz CT molecular complexity index is 471. The van der Waals surface area contributed by atoms with E-state index >= 15 is 0 Å². The largest absolute Gasteiger partial charge is 0.507 e. The van der Waals surface area contributed by atoms with E-state index in [1.807, 2.05) is 7.05 Å². The van der Waals surface area contributed by atoms with Crippen LogP contribution >= 0.6 is 22.6 Å². The molecular weight excluding hydrogens is 355 g/mol. The highest BCUT2D eigenvalue weighted by Gasteiger charge is 2.26. The molecule has 0 heterocycles. The summed E-state index contributed by atoms with van der Waals surface area (Å²) in [5.41, 5.74) is 6.26. The number of phenols is 1. The Morgan fingerprint density at radius 1 is 1.37 bits per heavy atom. The maximum absolute atomic E-state index is 12.4. The van der Waals surface area contributed by atoms with Crippen LogP contribution in [-0.2, 0) is 0 Å². The summed E-state index contributed by atoms with van der Waals surface area (Å²) in [4.78, 5) is 14.2. The predicted octanol–water partition coefficient (Wildman–Crippen LogP) is 2.34. The van der Waals surface area contributed by atoms with Gasteiger partial charge in [0.2, 0.25) is 0 Å². The number of phenolic OH excluding ortho intramolecular Hbond substituents is 1. The maximum Gasteiger partial charge on any atom is 0.257 e. The molecule has 1 aromatic carbocycles. The van der Waals surface area contributed by atoms with Gasteiger partial charge in [0, 0.05) is 22.7 Å². The molecule has 2 rings (SSSR count). The van der Waals surface area contributed by atoms with Crippen LogP contribution in [0.1, 0.15) is 36.0 Å². The van der Waals surface area contributed by atoms with E-state index < -0.39 is 0 Å². The van der Waals surface area contributed by atoms with E-state index in [1.54, 1.807) is 23.1 Å². The Hall–Kier alpha value is -0.820. The fraction of sp³-hybridized carbons (Fsp3) is 0.500. The van der Waals surface area contributed by atoms with Crippen LogP contribution in [0.4, 0.5) is 0 Å². The first-order chi connectivity index (χ1) is 8.99. The molecule has 0 aromatic heterocycles. The highest BCUT2D eigenvalue weighted by molar-refractivity contribution is 14.1. The number of benzene rings is 1. The Labute approximate surface area is 127 Å². The topological polar surface area (TPSA) is 66.6 Å². The normalized spacial score (nSPS) is 23.1. The lowest BCUT2D eigenvalue weighted by atomic mass is 9.90. The van der Waals surface area contributed by atoms with E-state index in [0.717, 1.165) is 29.3 Å². The fourth-order valence-electron chi connectivity index (χ4n) is 2.52. The number of halogens is 1. The van der Waals surface area contributed by atoms with E-state index in [0.29, 0.717) is 5.56 Å². The summed E-state index contributed by atoms with van der Waals surface area (Å²) in [5.74, 6) is -0.0683. The smallest absolute Gasteiger partial charge is 0.257 e. The summed E-state index contributed by atoms with van der Waals surface area (Å²) in [6.07, 6.45) is 3.80. The molecule has 104 valence electrons. The molecular formula is C14H19IN2O2. The van der Waals surface area contributed by atoms with Gasteiger partial charge in [0.1, 0.15) is 5.75 Å². The molecule has 0 radical (unpaired) electrons. The van der Waals surface area contributed by atoms with Gasteiger partial charge in [-0.1, -0.05) is 0 Å². The van der Waals surface area contributed by atoms with Crippen LogP contribution in [-0.4, -0.2) is 35.0 Å². The monoisotopic (exact) mass is 374 g/mol. The summed E-state index contributed by atoms with van der Waals surface area (Å²) in [7, 11) is 1.81. The standard InChI is InChI=1S/C14H19IN2O2/c1-17(11-5-3-10(16)4-6-11)14(19)12-8-9(15)2-7-13(12)18/h2,7-8,10-11,18H,3-6,16H2,1H3. The van der Waals surface area contributed by atoms with Crippen LogP contribution < -0.4 is 5.73 Å². The van der Waals surface area contributed by atoms with Gasteiger partial charge < -0.3 is 15.7 Å². The summed E-state index contributed by atoms with van der Waals surface area (Å²) >= 11 is 2.14. The van der Waals surface area contributed by atoms with Gasteiger partial charge in [-0.25, -0.2) is 0 Å². The molecule has 0 atom stereocenters. The van der Waals surface area contributed by atoms with Crippen LogP contribution in [0, 0.1) is 3.57 Å². The second kappa shape index (κ2) is 6.09. The van der Waals surface area contributed by atoms with E-state index in [4.69, 9.17) is 5.73 Å². The minimum Gasteiger partial charge on any atom is -0.507 e. The van der Waals surface area contributed by atoms with Crippen LogP contribution in [0.3, 0.4) is 0 Å². The molecule has 0 spiro atoms. The van der Waals surface area contributed by atoms with Gasteiger partial charge in [0.25, 0.3) is 5.91 Å². The predicted molar refractivity (Wildman–Crippen MR) is 83.1 cm³/mol. The molecule has 1 aliphatic carbocycles. The van der Waals surface area contributed by atoms with Crippen LogP contribution in [0.15, 0.2) is 18.2 Å². The molecule has 19 heavy (non-hydrogen) atoms. The summed E-state index contributed by atoms with van der Waals surface area (Å²) in [5, 5.41) is 9.82. The second-order valence-corrected chi connectivity index (χ2v) is 6.39. The Morgan fingerprint density at radius 3 is 2.63 bits per heavy atom. The van der Waals surface area contributed by atoms with Crippen molar-refractivity contribution in [2.24, 2.45) is 5.73 Å². The Kier molecular flexibility index (Phi) is 4.67. The summed E-state index contributed by atoms with van der Waals surface area (Å²) in [6, 6.07) is 5.57. The zero-order chi connectivity index (χ0) is 14.0. The fourth-order valence-corrected chi connectivity index (χ4v) is 3.02. The highest BCUT2D eigenvalue weighted by atomic mass is 127. The second-order valence-electron chi connectivity index (χ2n) is 5.15. The quantitative estimate of drug-likeness (QED) is 0.781. The van der Waals surface area contributed by atoms with E-state index in [-0.39, 0.29) is 23.7 Å². The zero-order valence-corrected chi connectivity index (χ0v) is 13.1. The number of hydrogen-bond acceptors (Lipinski definition) is 3. The molecule has 3 N–H and O–H groups in total. The molecule has 1 fully saturated rings. The van der Waals surface area contributed by atoms with Crippen molar-refractivity contribution < 1.29 is 9.90 Å². The lowest BCUT2D eigenvalue weighted by Crippen LogP contribution is -2.41. The van der Waals surface area contributed by atoms with Gasteiger partial charge in [-0.2, -0.15) is 0 Å². The van der Waals surface area contributed by atoms with E-state index in [2.05, 4.69) is 22.6 Å². The third-order valence-corrected chi connectivity index (χ3v) is 4.47. The third kappa shape index (κ3) is 3.39. The molecule has 1 amide bonds. The molecule has 0 bridgehead atoms. The SMILES string of the molecule is CN(C(=O)c1cc(I)ccc1O)C1CCC(N)CC1. The molecule has 0 unspecified atom stereocenters. The van der Waals surface area contributed by atoms with Gasteiger partial charge in [0.05, 0.1) is 5.56 Å². The number of carbonyl (C=O) groups excluding carboxylic acids is 1. The minimum atomic E-state index is -0.114. The first kappa shape index (κ1) is 14.6. The summed E-state index contributed by atoms with van der Waals surface area (Å²) in [6.45, 7) is 0. The van der Waals surface area contributed by atoms with Gasteiger partial charge in [-0.05, 0) is 66.5 Å². The molecule has 1 aromatic rings. The molecule has 1 aliphatic rings. The van der Waals surface area contributed by atoms with Crippen molar-refractivity contribution in [1.29, 1.82) is 0 Å². The van der Waals surface area contributed by atoms with Crippen molar-refractivity contribution in [1.82, 2.24) is 4.90 Å². The minimum absolute atomic E-state index is 0.0461. The molecule has 4 nitrogen and oxygen atoms in total. The van der Waals surface area contributed by atoms with Crippen molar-refractivity contribution in [3.05, 3.63) is 27.3 Å². The molecule has 0 saturated heterocycles. The van der Waals surface area contributed by atoms with Crippen molar-refractivity contribution in [2.75, 3.05) is 7.05 Å². The van der Waals surface area contributed by atoms with E-state index in [9.17, 15) is 9.90 Å². The van der Waals surface area contributed by atoms with Gasteiger partial charge in [-0.3, -0.25) is 4.79 Å². The highest BCUT2D eigenvalue weighted by Crippen LogP contribution is 2.26. The van der Waals surface area contributed by atoms with Crippen LogP contribution in [0.25, 0.3) is 0 Å². The van der Waals surface area contributed by atoms with Gasteiger partial charge in [0.15, 0.2) is 0 Å². The number of hydrogen-bond donors (Lipinski definition) is 2. The molecule has 0 aliphatic heterocycles. The number of rotatable bonds is 2. The number of aromatic hydroxyl groups is 1. The lowest BCUT2D eigenvalue weighted by molar-refractivity contribution is 0.0687. The average molecular weight is 374 g/mol. The maximum atomic E-state index is 12.4. The first-order valence-corrected chi connectivity index (χ1v) is 7.58. The zero-order valence-electron chi connectivity index (χ0n) is 11.0. The number of carbonyl (C=O) groups is 1. The van der Waals surface area contributed by atoms with Gasteiger partial charge >= 0.3 is 0 Å².